The molecule has 1 atom stereocenters. The van der Waals surface area contributed by atoms with E-state index in [2.05, 4.69) is 30.0 Å². The van der Waals surface area contributed by atoms with E-state index in [1.54, 1.807) is 22.3 Å². The lowest BCUT2D eigenvalue weighted by Crippen LogP contribution is -2.16. The minimum atomic E-state index is 0.291. The van der Waals surface area contributed by atoms with E-state index in [1.807, 2.05) is 0 Å². The molecular weight excluding hydrogens is 220 g/mol. The number of fused-ring (bicyclic) bond motifs is 2. The number of aryl methyl sites for hydroxylation is 2. The summed E-state index contributed by atoms with van der Waals surface area (Å²) < 4.78 is 0. The van der Waals surface area contributed by atoms with Gasteiger partial charge in [-0.3, -0.25) is 4.99 Å². The van der Waals surface area contributed by atoms with E-state index in [0.717, 1.165) is 6.54 Å². The van der Waals surface area contributed by atoms with Crippen LogP contribution in [0.25, 0.3) is 0 Å². The Hall–Kier alpha value is -1.31. The Kier molecular flexibility index (Phi) is 3.11. The fourth-order valence-corrected chi connectivity index (χ4v) is 3.34. The van der Waals surface area contributed by atoms with Gasteiger partial charge in [-0.1, -0.05) is 6.07 Å². The van der Waals surface area contributed by atoms with Gasteiger partial charge in [0, 0.05) is 12.2 Å². The minimum Gasteiger partial charge on any atom is -0.382 e. The lowest BCUT2D eigenvalue weighted by Gasteiger charge is -2.18. The van der Waals surface area contributed by atoms with Crippen molar-refractivity contribution in [3.05, 3.63) is 28.3 Å². The van der Waals surface area contributed by atoms with Crippen molar-refractivity contribution < 1.29 is 0 Å². The average Bonchev–Trinajstić information content (AvgIpc) is 3.01. The van der Waals surface area contributed by atoms with E-state index < -0.39 is 0 Å². The first-order chi connectivity index (χ1) is 8.79. The Bertz CT molecular complexity index is 444. The maximum Gasteiger partial charge on any atom is 0.0636 e. The molecular formula is C16H22N2. The van der Waals surface area contributed by atoms with Crippen LogP contribution in [-0.2, 0) is 25.7 Å². The predicted molar refractivity (Wildman–Crippen MR) is 78.0 cm³/mol. The third-order valence-corrected chi connectivity index (χ3v) is 4.36. The molecule has 1 aromatic rings. The van der Waals surface area contributed by atoms with Crippen molar-refractivity contribution in [3.8, 4) is 0 Å². The van der Waals surface area contributed by atoms with E-state index >= 15 is 0 Å². The molecule has 2 aliphatic carbocycles. The fraction of sp³-hybridized carbons (Fsp3) is 0.562. The molecule has 0 heterocycles. The normalized spacial score (nSPS) is 18.3. The molecule has 0 saturated heterocycles. The van der Waals surface area contributed by atoms with Gasteiger partial charge in [-0.2, -0.15) is 0 Å². The summed E-state index contributed by atoms with van der Waals surface area (Å²) in [5.41, 5.74) is 7.82. The van der Waals surface area contributed by atoms with Crippen LogP contribution in [0, 0.1) is 0 Å². The largest absolute Gasteiger partial charge is 0.382 e. The fourth-order valence-electron chi connectivity index (χ4n) is 3.34. The summed E-state index contributed by atoms with van der Waals surface area (Å²) in [4.78, 5) is 4.08. The van der Waals surface area contributed by atoms with Gasteiger partial charge < -0.3 is 5.32 Å². The van der Waals surface area contributed by atoms with Crippen LogP contribution in [0.3, 0.4) is 0 Å². The van der Waals surface area contributed by atoms with E-state index in [-0.39, 0.29) is 0 Å². The second-order valence-electron chi connectivity index (χ2n) is 5.65. The van der Waals surface area contributed by atoms with E-state index in [1.165, 1.54) is 44.2 Å². The number of rotatable bonds is 4. The molecule has 1 aromatic carbocycles. The number of nitrogens with one attached hydrogen (secondary N) is 1. The number of benzene rings is 1. The molecule has 96 valence electrons. The Morgan fingerprint density at radius 3 is 2.33 bits per heavy atom. The lowest BCUT2D eigenvalue weighted by molar-refractivity contribution is 0.786. The Labute approximate surface area is 110 Å². The van der Waals surface area contributed by atoms with Gasteiger partial charge in [-0.05, 0) is 74.4 Å². The number of anilines is 1. The molecule has 0 aliphatic heterocycles. The van der Waals surface area contributed by atoms with Crippen molar-refractivity contribution in [2.24, 2.45) is 4.99 Å². The van der Waals surface area contributed by atoms with Gasteiger partial charge in [-0.15, -0.1) is 0 Å². The molecule has 0 radical (unpaired) electrons. The molecule has 0 bridgehead atoms. The van der Waals surface area contributed by atoms with Gasteiger partial charge in [-0.25, -0.2) is 0 Å². The molecule has 2 aliphatic rings. The molecule has 0 unspecified atom stereocenters. The molecule has 2 nitrogen and oxygen atoms in total. The van der Waals surface area contributed by atoms with E-state index in [9.17, 15) is 0 Å². The summed E-state index contributed by atoms with van der Waals surface area (Å²) in [6.45, 7) is 6.65. The first-order valence-corrected chi connectivity index (χ1v) is 7.16. The van der Waals surface area contributed by atoms with Crippen LogP contribution in [0.15, 0.2) is 11.1 Å². The second kappa shape index (κ2) is 4.75. The van der Waals surface area contributed by atoms with Gasteiger partial charge in [0.05, 0.1) is 6.04 Å². The van der Waals surface area contributed by atoms with Gasteiger partial charge >= 0.3 is 0 Å². The predicted octanol–water partition coefficient (Wildman–Crippen LogP) is 3.17. The van der Waals surface area contributed by atoms with Crippen molar-refractivity contribution in [1.29, 1.82) is 0 Å². The number of hydrogen-bond donors (Lipinski definition) is 1. The van der Waals surface area contributed by atoms with Gasteiger partial charge in [0.15, 0.2) is 0 Å². The number of hydrogen-bond acceptors (Lipinski definition) is 2. The third kappa shape index (κ3) is 1.94. The highest BCUT2D eigenvalue weighted by molar-refractivity contribution is 5.66. The van der Waals surface area contributed by atoms with E-state index in [4.69, 9.17) is 0 Å². The van der Waals surface area contributed by atoms with Crippen LogP contribution in [0.1, 0.15) is 42.0 Å². The van der Waals surface area contributed by atoms with Crippen molar-refractivity contribution in [2.75, 3.05) is 11.9 Å². The summed E-state index contributed by atoms with van der Waals surface area (Å²) in [6.07, 6.45) is 7.69. The molecule has 3 rings (SSSR count). The summed E-state index contributed by atoms with van der Waals surface area (Å²) in [5, 5.41) is 3.66. The summed E-state index contributed by atoms with van der Waals surface area (Å²) in [7, 11) is 0. The monoisotopic (exact) mass is 242 g/mol. The molecule has 0 aromatic heterocycles. The van der Waals surface area contributed by atoms with Gasteiger partial charge in [0.2, 0.25) is 0 Å². The summed E-state index contributed by atoms with van der Waals surface area (Å²) >= 11 is 0. The Morgan fingerprint density at radius 1 is 1.17 bits per heavy atom. The van der Waals surface area contributed by atoms with Crippen molar-refractivity contribution >= 4 is 12.4 Å². The summed E-state index contributed by atoms with van der Waals surface area (Å²) in [5.74, 6) is 0. The highest BCUT2D eigenvalue weighted by Crippen LogP contribution is 2.38. The molecule has 18 heavy (non-hydrogen) atoms. The van der Waals surface area contributed by atoms with Gasteiger partial charge in [0.1, 0.15) is 0 Å². The first-order valence-electron chi connectivity index (χ1n) is 7.16. The van der Waals surface area contributed by atoms with Gasteiger partial charge in [0.25, 0.3) is 0 Å². The molecule has 1 N–H and O–H groups in total. The number of nitrogens with zero attached hydrogens (tertiary/aromatic N) is 1. The molecule has 0 saturated carbocycles. The highest BCUT2D eigenvalue weighted by atomic mass is 14.9. The molecule has 2 heteroatoms. The zero-order chi connectivity index (χ0) is 12.5. The standard InChI is InChI=1S/C16H22N2/c1-11(17-2)10-18-16-14-7-3-5-12(14)9-13-6-4-8-15(13)16/h9,11,18H,2-8,10H2,1H3/t11-/m0/s1. The van der Waals surface area contributed by atoms with Crippen molar-refractivity contribution in [1.82, 2.24) is 0 Å². The highest BCUT2D eigenvalue weighted by Gasteiger charge is 2.23. The quantitative estimate of drug-likeness (QED) is 0.806. The maximum atomic E-state index is 4.08. The molecule has 0 spiro atoms. The van der Waals surface area contributed by atoms with E-state index in [0.29, 0.717) is 6.04 Å². The molecule has 0 amide bonds. The Morgan fingerprint density at radius 2 is 1.78 bits per heavy atom. The minimum absolute atomic E-state index is 0.291. The second-order valence-corrected chi connectivity index (χ2v) is 5.65. The first kappa shape index (κ1) is 11.8. The van der Waals surface area contributed by atoms with Crippen LogP contribution in [-0.4, -0.2) is 19.3 Å². The number of aliphatic imine (C=N–C) groups is 1. The SMILES string of the molecule is C=N[C@@H](C)CNc1c2c(cc3c1CCC3)CCC2. The topological polar surface area (TPSA) is 24.4 Å². The van der Waals surface area contributed by atoms with Crippen LogP contribution < -0.4 is 5.32 Å². The smallest absolute Gasteiger partial charge is 0.0636 e. The zero-order valence-corrected chi connectivity index (χ0v) is 11.3. The van der Waals surface area contributed by atoms with Crippen LogP contribution in [0.4, 0.5) is 5.69 Å². The van der Waals surface area contributed by atoms with Crippen molar-refractivity contribution in [2.45, 2.75) is 51.5 Å². The average molecular weight is 242 g/mol. The van der Waals surface area contributed by atoms with Crippen LogP contribution >= 0.6 is 0 Å². The summed E-state index contributed by atoms with van der Waals surface area (Å²) in [6, 6.07) is 2.77. The van der Waals surface area contributed by atoms with Crippen LogP contribution in [0.2, 0.25) is 0 Å². The zero-order valence-electron chi connectivity index (χ0n) is 11.3. The Balaban J connectivity index is 1.94. The molecule has 0 fully saturated rings. The maximum absolute atomic E-state index is 4.08. The van der Waals surface area contributed by atoms with Crippen molar-refractivity contribution in [3.63, 3.8) is 0 Å². The lowest BCUT2D eigenvalue weighted by atomic mass is 9.98. The van der Waals surface area contributed by atoms with Crippen LogP contribution in [0.5, 0.6) is 0 Å². The third-order valence-electron chi connectivity index (χ3n) is 4.36.